The van der Waals surface area contributed by atoms with Gasteiger partial charge in [0.15, 0.2) is 5.84 Å². The molecule has 0 aromatic heterocycles. The van der Waals surface area contributed by atoms with Gasteiger partial charge in [-0.1, -0.05) is 16.8 Å². The standard InChI is InChI=1S/C11H14ClN3O2S/c1-18-5-4-10(16)14-9-6-7(12)2-3-8(9)11(13)15-17/h2-3,6,17H,4-5H2,1H3,(H2,13,15)(H,14,16). The van der Waals surface area contributed by atoms with Crippen LogP contribution in [0.5, 0.6) is 0 Å². The van der Waals surface area contributed by atoms with Crippen LogP contribution in [0.1, 0.15) is 12.0 Å². The van der Waals surface area contributed by atoms with E-state index in [1.54, 1.807) is 30.0 Å². The van der Waals surface area contributed by atoms with Gasteiger partial charge in [0.25, 0.3) is 0 Å². The molecule has 0 unspecified atom stereocenters. The molecule has 0 aliphatic heterocycles. The van der Waals surface area contributed by atoms with Crippen LogP contribution in [0.15, 0.2) is 23.4 Å². The van der Waals surface area contributed by atoms with E-state index in [4.69, 9.17) is 22.5 Å². The topological polar surface area (TPSA) is 87.7 Å². The number of benzene rings is 1. The lowest BCUT2D eigenvalue weighted by Crippen LogP contribution is -2.19. The van der Waals surface area contributed by atoms with Crippen LogP contribution in [0.2, 0.25) is 5.02 Å². The molecule has 1 aromatic carbocycles. The minimum atomic E-state index is -0.140. The average Bonchev–Trinajstić information content (AvgIpc) is 2.35. The number of rotatable bonds is 5. The van der Waals surface area contributed by atoms with Gasteiger partial charge in [0.05, 0.1) is 5.69 Å². The number of amides is 1. The molecular weight excluding hydrogens is 274 g/mol. The second-order valence-electron chi connectivity index (χ2n) is 3.47. The van der Waals surface area contributed by atoms with Gasteiger partial charge in [-0.25, -0.2) is 0 Å². The zero-order valence-corrected chi connectivity index (χ0v) is 11.4. The predicted octanol–water partition coefficient (Wildman–Crippen LogP) is 2.13. The van der Waals surface area contributed by atoms with E-state index in [9.17, 15) is 4.79 Å². The third kappa shape index (κ3) is 4.12. The minimum Gasteiger partial charge on any atom is -0.409 e. The lowest BCUT2D eigenvalue weighted by atomic mass is 10.1. The third-order valence-electron chi connectivity index (χ3n) is 2.17. The first-order chi connectivity index (χ1) is 8.58. The highest BCUT2D eigenvalue weighted by Gasteiger charge is 2.10. The molecular formula is C11H14ClN3O2S. The van der Waals surface area contributed by atoms with Crippen molar-refractivity contribution in [3.63, 3.8) is 0 Å². The number of carbonyl (C=O) groups excluding carboxylic acids is 1. The molecule has 18 heavy (non-hydrogen) atoms. The number of hydrogen-bond acceptors (Lipinski definition) is 4. The Kier molecular flexibility index (Phi) is 5.80. The van der Waals surface area contributed by atoms with E-state index >= 15 is 0 Å². The maximum Gasteiger partial charge on any atom is 0.225 e. The number of anilines is 1. The molecule has 98 valence electrons. The second kappa shape index (κ2) is 7.13. The number of amidine groups is 1. The number of nitrogens with zero attached hydrogens (tertiary/aromatic N) is 1. The first-order valence-corrected chi connectivity index (χ1v) is 6.92. The fourth-order valence-electron chi connectivity index (χ4n) is 1.30. The predicted molar refractivity (Wildman–Crippen MR) is 75.6 cm³/mol. The average molecular weight is 288 g/mol. The molecule has 1 aromatic rings. The number of nitrogens with two attached hydrogens (primary N) is 1. The molecule has 0 aliphatic carbocycles. The highest BCUT2D eigenvalue weighted by atomic mass is 35.5. The minimum absolute atomic E-state index is 0.0770. The van der Waals surface area contributed by atoms with Crippen LogP contribution in [0.3, 0.4) is 0 Å². The highest BCUT2D eigenvalue weighted by Crippen LogP contribution is 2.21. The van der Waals surface area contributed by atoms with Crippen molar-refractivity contribution in [1.82, 2.24) is 0 Å². The van der Waals surface area contributed by atoms with Crippen LogP contribution in [0, 0.1) is 0 Å². The zero-order valence-electron chi connectivity index (χ0n) is 9.81. The van der Waals surface area contributed by atoms with Gasteiger partial charge < -0.3 is 16.3 Å². The van der Waals surface area contributed by atoms with E-state index in [-0.39, 0.29) is 11.7 Å². The maximum absolute atomic E-state index is 11.6. The number of thioether (sulfide) groups is 1. The second-order valence-corrected chi connectivity index (χ2v) is 4.89. The lowest BCUT2D eigenvalue weighted by Gasteiger charge is -2.10. The summed E-state index contributed by atoms with van der Waals surface area (Å²) >= 11 is 7.44. The van der Waals surface area contributed by atoms with E-state index in [0.717, 1.165) is 5.75 Å². The van der Waals surface area contributed by atoms with Crippen LogP contribution in [-0.4, -0.2) is 29.0 Å². The van der Waals surface area contributed by atoms with Crippen LogP contribution >= 0.6 is 23.4 Å². The number of hydrogen-bond donors (Lipinski definition) is 3. The number of oxime groups is 1. The largest absolute Gasteiger partial charge is 0.409 e. The summed E-state index contributed by atoms with van der Waals surface area (Å²) in [5.41, 5.74) is 6.39. The van der Waals surface area contributed by atoms with Gasteiger partial charge in [0.2, 0.25) is 5.91 Å². The number of nitrogens with one attached hydrogen (secondary N) is 1. The van der Waals surface area contributed by atoms with E-state index in [2.05, 4.69) is 10.5 Å². The molecule has 0 bridgehead atoms. The van der Waals surface area contributed by atoms with Crippen LogP contribution in [0.4, 0.5) is 5.69 Å². The van der Waals surface area contributed by atoms with Crippen molar-refractivity contribution in [2.75, 3.05) is 17.3 Å². The van der Waals surface area contributed by atoms with Crippen molar-refractivity contribution in [1.29, 1.82) is 0 Å². The highest BCUT2D eigenvalue weighted by molar-refractivity contribution is 7.98. The summed E-state index contributed by atoms with van der Waals surface area (Å²) in [4.78, 5) is 11.6. The van der Waals surface area contributed by atoms with Gasteiger partial charge in [-0.2, -0.15) is 11.8 Å². The molecule has 0 saturated heterocycles. The quantitative estimate of drug-likeness (QED) is 0.335. The fourth-order valence-corrected chi connectivity index (χ4v) is 1.87. The summed E-state index contributed by atoms with van der Waals surface area (Å²) < 4.78 is 0. The van der Waals surface area contributed by atoms with Crippen LogP contribution < -0.4 is 11.1 Å². The van der Waals surface area contributed by atoms with E-state index < -0.39 is 0 Å². The molecule has 1 rings (SSSR count). The van der Waals surface area contributed by atoms with Crippen LogP contribution in [-0.2, 0) is 4.79 Å². The Hall–Kier alpha value is -1.40. The molecule has 0 saturated carbocycles. The summed E-state index contributed by atoms with van der Waals surface area (Å²) in [6.07, 6.45) is 2.32. The molecule has 0 fully saturated rings. The van der Waals surface area contributed by atoms with E-state index in [0.29, 0.717) is 22.7 Å². The van der Waals surface area contributed by atoms with Crippen molar-refractivity contribution in [2.24, 2.45) is 10.9 Å². The van der Waals surface area contributed by atoms with E-state index in [1.807, 2.05) is 6.26 Å². The Morgan fingerprint density at radius 1 is 1.61 bits per heavy atom. The Labute approximate surface area is 114 Å². The summed E-state index contributed by atoms with van der Waals surface area (Å²) in [5, 5.41) is 14.7. The first-order valence-electron chi connectivity index (χ1n) is 5.14. The zero-order chi connectivity index (χ0) is 13.5. The number of halogens is 1. The van der Waals surface area contributed by atoms with Crippen molar-refractivity contribution >= 4 is 40.8 Å². The summed E-state index contributed by atoms with van der Waals surface area (Å²) in [6.45, 7) is 0. The summed E-state index contributed by atoms with van der Waals surface area (Å²) in [5.74, 6) is 0.510. The van der Waals surface area contributed by atoms with Gasteiger partial charge in [-0.3, -0.25) is 4.79 Å². The Morgan fingerprint density at radius 2 is 2.33 bits per heavy atom. The van der Waals surface area contributed by atoms with E-state index in [1.165, 1.54) is 0 Å². The van der Waals surface area contributed by atoms with Crippen molar-refractivity contribution in [3.05, 3.63) is 28.8 Å². The molecule has 4 N–H and O–H groups in total. The molecule has 1 amide bonds. The Morgan fingerprint density at radius 3 is 2.94 bits per heavy atom. The summed E-state index contributed by atoms with van der Waals surface area (Å²) in [6, 6.07) is 4.75. The Bertz CT molecular complexity index is 466. The maximum atomic E-state index is 11.6. The molecule has 0 spiro atoms. The molecule has 0 atom stereocenters. The molecule has 0 radical (unpaired) electrons. The van der Waals surface area contributed by atoms with Gasteiger partial charge in [0, 0.05) is 22.8 Å². The molecule has 7 heteroatoms. The number of carbonyl (C=O) groups is 1. The fraction of sp³-hybridized carbons (Fsp3) is 0.273. The lowest BCUT2D eigenvalue weighted by molar-refractivity contribution is -0.115. The molecule has 0 aliphatic rings. The smallest absolute Gasteiger partial charge is 0.225 e. The van der Waals surface area contributed by atoms with Crippen molar-refractivity contribution < 1.29 is 10.0 Å². The van der Waals surface area contributed by atoms with Gasteiger partial charge in [-0.05, 0) is 24.5 Å². The Balaban J connectivity index is 2.92. The first kappa shape index (κ1) is 14.7. The SMILES string of the molecule is CSCCC(=O)Nc1cc(Cl)ccc1C(N)=NO. The van der Waals surface area contributed by atoms with Crippen molar-refractivity contribution in [2.45, 2.75) is 6.42 Å². The van der Waals surface area contributed by atoms with Gasteiger partial charge in [0.1, 0.15) is 0 Å². The van der Waals surface area contributed by atoms with Gasteiger partial charge in [-0.15, -0.1) is 0 Å². The normalized spacial score (nSPS) is 11.3. The molecule has 5 nitrogen and oxygen atoms in total. The van der Waals surface area contributed by atoms with Crippen LogP contribution in [0.25, 0.3) is 0 Å². The summed E-state index contributed by atoms with van der Waals surface area (Å²) in [7, 11) is 0. The van der Waals surface area contributed by atoms with Gasteiger partial charge >= 0.3 is 0 Å². The van der Waals surface area contributed by atoms with Crippen molar-refractivity contribution in [3.8, 4) is 0 Å². The third-order valence-corrected chi connectivity index (χ3v) is 3.02. The molecule has 0 heterocycles. The monoisotopic (exact) mass is 287 g/mol.